The molecule has 118 valence electrons. The van der Waals surface area contributed by atoms with Gasteiger partial charge in [0.1, 0.15) is 0 Å². The normalized spacial score (nSPS) is 34.3. The van der Waals surface area contributed by atoms with Crippen molar-refractivity contribution in [3.63, 3.8) is 0 Å². The third-order valence-electron chi connectivity index (χ3n) is 5.93. The van der Waals surface area contributed by atoms with Crippen molar-refractivity contribution in [3.05, 3.63) is 18.0 Å². The Labute approximate surface area is 128 Å². The molecule has 1 N–H and O–H groups in total. The van der Waals surface area contributed by atoms with Gasteiger partial charge in [0.25, 0.3) is 0 Å². The van der Waals surface area contributed by atoms with E-state index in [2.05, 4.69) is 42.2 Å². The van der Waals surface area contributed by atoms with Crippen LogP contribution in [0.4, 0.5) is 0 Å². The van der Waals surface area contributed by atoms with E-state index in [4.69, 9.17) is 0 Å². The van der Waals surface area contributed by atoms with Crippen LogP contribution in [0.2, 0.25) is 0 Å². The Morgan fingerprint density at radius 1 is 1.38 bits per heavy atom. The Hall–Kier alpha value is -0.870. The summed E-state index contributed by atoms with van der Waals surface area (Å²) in [7, 11) is 2.04. The van der Waals surface area contributed by atoms with Crippen LogP contribution in [-0.2, 0) is 13.5 Å². The molecule has 0 radical (unpaired) electrons. The minimum atomic E-state index is 0.265. The molecule has 21 heavy (non-hydrogen) atoms. The molecule has 1 aromatic heterocycles. The number of aromatic nitrogens is 2. The maximum Gasteiger partial charge on any atom is 0.0492 e. The fraction of sp³-hybridized carbons (Fsp3) is 0.824. The van der Waals surface area contributed by atoms with Crippen LogP contribution in [0.5, 0.6) is 0 Å². The third-order valence-corrected chi connectivity index (χ3v) is 5.93. The fourth-order valence-corrected chi connectivity index (χ4v) is 3.74. The summed E-state index contributed by atoms with van der Waals surface area (Å²) in [5.74, 6) is 0.887. The van der Waals surface area contributed by atoms with E-state index in [0.717, 1.165) is 32.0 Å². The molecule has 0 aromatic carbocycles. The highest BCUT2D eigenvalue weighted by Crippen LogP contribution is 2.45. The van der Waals surface area contributed by atoms with Crippen LogP contribution in [0.25, 0.3) is 0 Å². The molecule has 1 saturated carbocycles. The molecule has 4 nitrogen and oxygen atoms in total. The van der Waals surface area contributed by atoms with E-state index in [1.54, 1.807) is 0 Å². The standard InChI is InChI=1S/C17H30N4/c1-5-16(2)13-21(11-9-15-8-10-19-20(15)4)17(3,12-18-16)14-6-7-14/h8,10,14,18H,5-7,9,11-13H2,1-4H3. The fourth-order valence-electron chi connectivity index (χ4n) is 3.74. The van der Waals surface area contributed by atoms with Gasteiger partial charge in [0.15, 0.2) is 0 Å². The maximum absolute atomic E-state index is 4.29. The zero-order chi connectivity index (χ0) is 15.1. The molecule has 3 rings (SSSR count). The van der Waals surface area contributed by atoms with Gasteiger partial charge in [0.2, 0.25) is 0 Å². The first-order valence-electron chi connectivity index (χ1n) is 8.44. The van der Waals surface area contributed by atoms with Crippen molar-refractivity contribution in [2.24, 2.45) is 13.0 Å². The Kier molecular flexibility index (Phi) is 3.87. The van der Waals surface area contributed by atoms with Gasteiger partial charge in [-0.1, -0.05) is 6.92 Å². The summed E-state index contributed by atoms with van der Waals surface area (Å²) < 4.78 is 2.01. The van der Waals surface area contributed by atoms with Gasteiger partial charge in [-0.3, -0.25) is 9.58 Å². The molecular weight excluding hydrogens is 260 g/mol. The number of hydrogen-bond acceptors (Lipinski definition) is 3. The van der Waals surface area contributed by atoms with Crippen molar-refractivity contribution in [2.45, 2.75) is 57.5 Å². The van der Waals surface area contributed by atoms with Crippen molar-refractivity contribution in [3.8, 4) is 0 Å². The van der Waals surface area contributed by atoms with Crippen LogP contribution in [0.3, 0.4) is 0 Å². The van der Waals surface area contributed by atoms with Gasteiger partial charge in [0, 0.05) is 56.1 Å². The van der Waals surface area contributed by atoms with Gasteiger partial charge in [-0.25, -0.2) is 0 Å². The van der Waals surface area contributed by atoms with Crippen molar-refractivity contribution in [2.75, 3.05) is 19.6 Å². The average Bonchev–Trinajstić information content (AvgIpc) is 3.25. The molecule has 0 amide bonds. The molecule has 2 heterocycles. The molecule has 1 aromatic rings. The zero-order valence-electron chi connectivity index (χ0n) is 14.0. The van der Waals surface area contributed by atoms with Gasteiger partial charge in [-0.05, 0) is 45.1 Å². The first kappa shape index (κ1) is 15.0. The first-order valence-corrected chi connectivity index (χ1v) is 8.44. The second kappa shape index (κ2) is 5.40. The van der Waals surface area contributed by atoms with E-state index in [0.29, 0.717) is 5.54 Å². The predicted molar refractivity (Wildman–Crippen MR) is 86.3 cm³/mol. The minimum Gasteiger partial charge on any atom is -0.308 e. The Balaban J connectivity index is 1.72. The van der Waals surface area contributed by atoms with Gasteiger partial charge in [-0.2, -0.15) is 5.10 Å². The van der Waals surface area contributed by atoms with Crippen LogP contribution < -0.4 is 5.32 Å². The predicted octanol–water partition coefficient (Wildman–Crippen LogP) is 2.21. The highest BCUT2D eigenvalue weighted by Gasteiger charge is 2.50. The first-order chi connectivity index (χ1) is 9.97. The number of nitrogens with one attached hydrogen (secondary N) is 1. The number of hydrogen-bond donors (Lipinski definition) is 1. The van der Waals surface area contributed by atoms with Crippen LogP contribution in [0.15, 0.2) is 12.3 Å². The summed E-state index contributed by atoms with van der Waals surface area (Å²) in [6.45, 7) is 10.6. The number of nitrogens with zero attached hydrogens (tertiary/aromatic N) is 3. The molecule has 0 bridgehead atoms. The van der Waals surface area contributed by atoms with Crippen molar-refractivity contribution >= 4 is 0 Å². The van der Waals surface area contributed by atoms with Crippen molar-refractivity contribution < 1.29 is 0 Å². The number of rotatable bonds is 5. The lowest BCUT2D eigenvalue weighted by Crippen LogP contribution is -2.69. The van der Waals surface area contributed by atoms with Crippen molar-refractivity contribution in [1.82, 2.24) is 20.0 Å². The molecule has 4 heteroatoms. The van der Waals surface area contributed by atoms with E-state index in [-0.39, 0.29) is 5.54 Å². The van der Waals surface area contributed by atoms with Gasteiger partial charge >= 0.3 is 0 Å². The van der Waals surface area contributed by atoms with Crippen LogP contribution in [0, 0.1) is 5.92 Å². The molecule has 0 spiro atoms. The Bertz CT molecular complexity index is 493. The van der Waals surface area contributed by atoms with Gasteiger partial charge in [0.05, 0.1) is 0 Å². The Morgan fingerprint density at radius 3 is 2.71 bits per heavy atom. The third kappa shape index (κ3) is 2.88. The summed E-state index contributed by atoms with van der Waals surface area (Å²) in [5, 5.41) is 8.13. The lowest BCUT2D eigenvalue weighted by molar-refractivity contribution is 0.00577. The molecule has 2 atom stereocenters. The summed E-state index contributed by atoms with van der Waals surface area (Å²) in [6.07, 6.45) is 7.00. The van der Waals surface area contributed by atoms with Crippen LogP contribution >= 0.6 is 0 Å². The van der Waals surface area contributed by atoms with Crippen LogP contribution in [0.1, 0.15) is 45.7 Å². The number of piperazine rings is 1. The molecule has 1 aliphatic heterocycles. The summed E-state index contributed by atoms with van der Waals surface area (Å²) in [5.41, 5.74) is 1.94. The lowest BCUT2D eigenvalue weighted by Gasteiger charge is -2.53. The van der Waals surface area contributed by atoms with E-state index in [9.17, 15) is 0 Å². The van der Waals surface area contributed by atoms with Crippen LogP contribution in [-0.4, -0.2) is 45.4 Å². The Morgan fingerprint density at radius 2 is 2.14 bits per heavy atom. The molecule has 1 saturated heterocycles. The average molecular weight is 290 g/mol. The topological polar surface area (TPSA) is 33.1 Å². The summed E-state index contributed by atoms with van der Waals surface area (Å²) in [4.78, 5) is 2.76. The number of aryl methyl sites for hydroxylation is 1. The summed E-state index contributed by atoms with van der Waals surface area (Å²) >= 11 is 0. The van der Waals surface area contributed by atoms with E-state index in [1.807, 2.05) is 17.9 Å². The molecule has 2 aliphatic rings. The smallest absolute Gasteiger partial charge is 0.0492 e. The second-order valence-corrected chi connectivity index (χ2v) is 7.52. The molecular formula is C17H30N4. The van der Waals surface area contributed by atoms with Gasteiger partial charge in [-0.15, -0.1) is 0 Å². The summed E-state index contributed by atoms with van der Waals surface area (Å²) in [6, 6.07) is 2.15. The maximum atomic E-state index is 4.29. The quantitative estimate of drug-likeness (QED) is 0.902. The van der Waals surface area contributed by atoms with Crippen molar-refractivity contribution in [1.29, 1.82) is 0 Å². The van der Waals surface area contributed by atoms with Gasteiger partial charge < -0.3 is 5.32 Å². The largest absolute Gasteiger partial charge is 0.308 e. The zero-order valence-corrected chi connectivity index (χ0v) is 14.0. The molecule has 2 fully saturated rings. The highest BCUT2D eigenvalue weighted by molar-refractivity contribution is 5.09. The second-order valence-electron chi connectivity index (χ2n) is 7.52. The SMILES string of the molecule is CCC1(C)CN(CCc2ccnn2C)C(C)(C2CC2)CN1. The lowest BCUT2D eigenvalue weighted by atomic mass is 9.84. The molecule has 2 unspecified atom stereocenters. The highest BCUT2D eigenvalue weighted by atomic mass is 15.3. The minimum absolute atomic E-state index is 0.265. The van der Waals surface area contributed by atoms with E-state index in [1.165, 1.54) is 25.0 Å². The monoisotopic (exact) mass is 290 g/mol. The van der Waals surface area contributed by atoms with E-state index < -0.39 is 0 Å². The molecule has 1 aliphatic carbocycles. The van der Waals surface area contributed by atoms with E-state index >= 15 is 0 Å².